The van der Waals surface area contributed by atoms with Crippen LogP contribution in [0.3, 0.4) is 0 Å². The molecule has 0 spiro atoms. The van der Waals surface area contributed by atoms with Crippen LogP contribution in [0, 0.1) is 6.92 Å². The van der Waals surface area contributed by atoms with Crippen molar-refractivity contribution < 1.29 is 14.7 Å². The molecule has 1 atom stereocenters. The maximum atomic E-state index is 12.1. The van der Waals surface area contributed by atoms with E-state index in [0.29, 0.717) is 5.56 Å². The molecule has 1 heterocycles. The number of nitrogens with one attached hydrogen (secondary N) is 1. The van der Waals surface area contributed by atoms with Gasteiger partial charge in [-0.25, -0.2) is 4.79 Å². The first-order valence-electron chi connectivity index (χ1n) is 6.53. The lowest BCUT2D eigenvalue weighted by atomic mass is 10.1. The minimum atomic E-state index is -0.968. The first-order chi connectivity index (χ1) is 9.97. The molecule has 0 radical (unpaired) electrons. The summed E-state index contributed by atoms with van der Waals surface area (Å²) in [5.41, 5.74) is 2.49. The molecule has 1 aromatic heterocycles. The van der Waals surface area contributed by atoms with Crippen LogP contribution < -0.4 is 5.32 Å². The van der Waals surface area contributed by atoms with Crippen molar-refractivity contribution in [1.29, 1.82) is 0 Å². The molecule has 0 bridgehead atoms. The Labute approximate surface area is 122 Å². The molecule has 1 aromatic carbocycles. The highest BCUT2D eigenvalue weighted by atomic mass is 16.4. The van der Waals surface area contributed by atoms with Gasteiger partial charge in [0.15, 0.2) is 0 Å². The van der Waals surface area contributed by atoms with Crippen LogP contribution in [0.5, 0.6) is 0 Å². The van der Waals surface area contributed by atoms with E-state index in [-0.39, 0.29) is 17.5 Å². The number of aromatic carboxylic acids is 1. The number of amides is 1. The van der Waals surface area contributed by atoms with E-state index in [0.717, 1.165) is 11.1 Å². The third-order valence-corrected chi connectivity index (χ3v) is 3.14. The fourth-order valence-electron chi connectivity index (χ4n) is 1.96. The summed E-state index contributed by atoms with van der Waals surface area (Å²) in [7, 11) is 0. The van der Waals surface area contributed by atoms with E-state index in [1.54, 1.807) is 24.4 Å². The highest BCUT2D eigenvalue weighted by Gasteiger charge is 2.12. The number of carbonyl (C=O) groups excluding carboxylic acids is 1. The van der Waals surface area contributed by atoms with E-state index >= 15 is 0 Å². The Kier molecular flexibility index (Phi) is 4.33. The monoisotopic (exact) mass is 284 g/mol. The van der Waals surface area contributed by atoms with Gasteiger partial charge in [0.05, 0.1) is 17.2 Å². The summed E-state index contributed by atoms with van der Waals surface area (Å²) in [6.45, 7) is 3.72. The Balaban J connectivity index is 2.08. The van der Waals surface area contributed by atoms with E-state index in [4.69, 9.17) is 5.11 Å². The zero-order valence-corrected chi connectivity index (χ0v) is 11.8. The first kappa shape index (κ1) is 14.7. The molecule has 0 aliphatic heterocycles. The highest BCUT2D eigenvalue weighted by Crippen LogP contribution is 2.14. The number of benzene rings is 1. The Morgan fingerprint density at radius 2 is 1.81 bits per heavy atom. The predicted octanol–water partition coefficient (Wildman–Crippen LogP) is 2.58. The average molecular weight is 284 g/mol. The van der Waals surface area contributed by atoms with Crippen molar-refractivity contribution in [3.63, 3.8) is 0 Å². The smallest absolute Gasteiger partial charge is 0.335 e. The summed E-state index contributed by atoms with van der Waals surface area (Å²) < 4.78 is 0. The normalized spacial score (nSPS) is 11.7. The minimum Gasteiger partial charge on any atom is -0.478 e. The molecule has 2 aromatic rings. The second kappa shape index (κ2) is 6.17. The summed E-state index contributed by atoms with van der Waals surface area (Å²) in [5.74, 6) is -1.18. The molecule has 1 amide bonds. The number of pyridine rings is 1. The van der Waals surface area contributed by atoms with Gasteiger partial charge in [0.25, 0.3) is 5.91 Å². The zero-order chi connectivity index (χ0) is 15.4. The Morgan fingerprint density at radius 1 is 1.14 bits per heavy atom. The van der Waals surface area contributed by atoms with Gasteiger partial charge < -0.3 is 10.4 Å². The number of rotatable bonds is 4. The van der Waals surface area contributed by atoms with E-state index < -0.39 is 5.97 Å². The molecule has 108 valence electrons. The third kappa shape index (κ3) is 3.66. The molecule has 0 fully saturated rings. The van der Waals surface area contributed by atoms with Crippen LogP contribution in [0.4, 0.5) is 0 Å². The lowest BCUT2D eigenvalue weighted by Crippen LogP contribution is -2.26. The van der Waals surface area contributed by atoms with Gasteiger partial charge in [0.1, 0.15) is 0 Å². The molecular formula is C16H16N2O3. The topological polar surface area (TPSA) is 79.3 Å². The van der Waals surface area contributed by atoms with Crippen molar-refractivity contribution in [1.82, 2.24) is 10.3 Å². The molecule has 0 aliphatic carbocycles. The second-order valence-corrected chi connectivity index (χ2v) is 4.87. The van der Waals surface area contributed by atoms with Gasteiger partial charge in [-0.05, 0) is 43.2 Å². The quantitative estimate of drug-likeness (QED) is 0.904. The molecule has 2 N–H and O–H groups in total. The van der Waals surface area contributed by atoms with Crippen molar-refractivity contribution in [2.24, 2.45) is 0 Å². The van der Waals surface area contributed by atoms with Crippen LogP contribution in [-0.4, -0.2) is 22.0 Å². The number of nitrogens with zero attached hydrogens (tertiary/aromatic N) is 1. The Morgan fingerprint density at radius 3 is 2.38 bits per heavy atom. The van der Waals surface area contributed by atoms with Crippen LogP contribution in [0.15, 0.2) is 42.7 Å². The number of hydrogen-bond acceptors (Lipinski definition) is 3. The van der Waals surface area contributed by atoms with Crippen molar-refractivity contribution in [3.05, 3.63) is 65.0 Å². The maximum absolute atomic E-state index is 12.1. The Hall–Kier alpha value is -2.69. The van der Waals surface area contributed by atoms with E-state index in [1.165, 1.54) is 18.3 Å². The maximum Gasteiger partial charge on any atom is 0.335 e. The van der Waals surface area contributed by atoms with Gasteiger partial charge in [0, 0.05) is 12.4 Å². The molecule has 21 heavy (non-hydrogen) atoms. The Bertz CT molecular complexity index is 665. The fourth-order valence-corrected chi connectivity index (χ4v) is 1.96. The molecule has 2 rings (SSSR count). The molecule has 1 unspecified atom stereocenters. The summed E-state index contributed by atoms with van der Waals surface area (Å²) in [6.07, 6.45) is 3.20. The highest BCUT2D eigenvalue weighted by molar-refractivity contribution is 5.94. The molecule has 0 saturated heterocycles. The van der Waals surface area contributed by atoms with Crippen molar-refractivity contribution in [2.75, 3.05) is 0 Å². The summed E-state index contributed by atoms with van der Waals surface area (Å²) in [5, 5.41) is 11.7. The number of hydrogen-bond donors (Lipinski definition) is 2. The number of aryl methyl sites for hydroxylation is 1. The molecule has 5 heteroatoms. The summed E-state index contributed by atoms with van der Waals surface area (Å²) in [4.78, 5) is 26.9. The van der Waals surface area contributed by atoms with Crippen molar-refractivity contribution in [3.8, 4) is 0 Å². The third-order valence-electron chi connectivity index (χ3n) is 3.14. The summed E-state index contributed by atoms with van der Waals surface area (Å²) >= 11 is 0. The molecule has 5 nitrogen and oxygen atoms in total. The van der Waals surface area contributed by atoms with Gasteiger partial charge in [-0.2, -0.15) is 0 Å². The number of carbonyl (C=O) groups is 2. The van der Waals surface area contributed by atoms with Gasteiger partial charge in [0.2, 0.25) is 0 Å². The van der Waals surface area contributed by atoms with Crippen molar-refractivity contribution >= 4 is 11.9 Å². The van der Waals surface area contributed by atoms with Crippen LogP contribution in [-0.2, 0) is 0 Å². The molecule has 0 saturated carbocycles. The standard InChI is InChI=1S/C16H16N2O3/c1-10-7-14(9-17-8-10)15(19)18-11(2)12-3-5-13(6-4-12)16(20)21/h3-9,11H,1-2H3,(H,18,19)(H,20,21). The lowest BCUT2D eigenvalue weighted by Gasteiger charge is -2.14. The van der Waals surface area contributed by atoms with E-state index in [9.17, 15) is 9.59 Å². The number of carboxylic acids is 1. The zero-order valence-electron chi connectivity index (χ0n) is 11.8. The average Bonchev–Trinajstić information content (AvgIpc) is 2.47. The van der Waals surface area contributed by atoms with Gasteiger partial charge >= 0.3 is 5.97 Å². The predicted molar refractivity (Wildman–Crippen MR) is 78.3 cm³/mol. The van der Waals surface area contributed by atoms with Crippen molar-refractivity contribution in [2.45, 2.75) is 19.9 Å². The van der Waals surface area contributed by atoms with E-state index in [2.05, 4.69) is 10.3 Å². The van der Waals surface area contributed by atoms with Gasteiger partial charge in [-0.3, -0.25) is 9.78 Å². The minimum absolute atomic E-state index is 0.207. The van der Waals surface area contributed by atoms with E-state index in [1.807, 2.05) is 13.8 Å². The van der Waals surface area contributed by atoms with Crippen LogP contribution in [0.25, 0.3) is 0 Å². The fraction of sp³-hybridized carbons (Fsp3) is 0.188. The van der Waals surface area contributed by atoms with Gasteiger partial charge in [-0.1, -0.05) is 12.1 Å². The number of aromatic nitrogens is 1. The lowest BCUT2D eigenvalue weighted by molar-refractivity contribution is 0.0696. The number of carboxylic acid groups (broad SMARTS) is 1. The second-order valence-electron chi connectivity index (χ2n) is 4.87. The largest absolute Gasteiger partial charge is 0.478 e. The SMILES string of the molecule is Cc1cncc(C(=O)NC(C)c2ccc(C(=O)O)cc2)c1. The first-order valence-corrected chi connectivity index (χ1v) is 6.53. The van der Waals surface area contributed by atoms with Crippen LogP contribution in [0.1, 0.15) is 44.8 Å². The van der Waals surface area contributed by atoms with Gasteiger partial charge in [-0.15, -0.1) is 0 Å². The molecule has 0 aliphatic rings. The van der Waals surface area contributed by atoms with Crippen LogP contribution >= 0.6 is 0 Å². The summed E-state index contributed by atoms with van der Waals surface area (Å²) in [6, 6.07) is 7.98. The molecular weight excluding hydrogens is 268 g/mol. The van der Waals surface area contributed by atoms with Crippen LogP contribution in [0.2, 0.25) is 0 Å².